The summed E-state index contributed by atoms with van der Waals surface area (Å²) in [5.41, 5.74) is 0.139. The van der Waals surface area contributed by atoms with Crippen LogP contribution in [0.2, 0.25) is 0 Å². The molecule has 2 aromatic rings. The van der Waals surface area contributed by atoms with Crippen LogP contribution in [0.3, 0.4) is 0 Å². The topological polar surface area (TPSA) is 130 Å². The lowest BCUT2D eigenvalue weighted by molar-refractivity contribution is -0.165. The van der Waals surface area contributed by atoms with Gasteiger partial charge in [-0.2, -0.15) is 5.11 Å². The number of esters is 1. The Bertz CT molecular complexity index is 1130. The Kier molecular flexibility index (Phi) is 10.1. The second kappa shape index (κ2) is 13.1. The maximum absolute atomic E-state index is 13.8. The molecule has 0 aliphatic carbocycles. The maximum atomic E-state index is 13.8. The molecule has 0 spiro atoms. The molecule has 0 fully saturated rings. The van der Waals surface area contributed by atoms with E-state index in [0.29, 0.717) is 6.42 Å². The standard InChI is InChI=1S/C30H41N5O4/c1-21(2)30(32-20-33-34-30)19-35(31)27(37)24(16-22-12-8-6-9-13-22)18-26(36)25(28(38)39-29(3,4)5)17-23-14-10-7-11-15-23/h6-15,20-21,24-26,36H,16-19,31H2,1-5H3/t24-,25+,26+,30?/m1/s1. The van der Waals surface area contributed by atoms with Crippen LogP contribution in [0, 0.1) is 17.8 Å². The second-order valence-corrected chi connectivity index (χ2v) is 11.5. The number of aliphatic hydroxyl groups is 1. The van der Waals surface area contributed by atoms with Crippen LogP contribution in [0.5, 0.6) is 0 Å². The van der Waals surface area contributed by atoms with Crippen molar-refractivity contribution in [2.75, 3.05) is 6.54 Å². The zero-order chi connectivity index (χ0) is 28.6. The summed E-state index contributed by atoms with van der Waals surface area (Å²) in [6.45, 7) is 9.31. The molecule has 3 rings (SSSR count). The minimum absolute atomic E-state index is 0.0254. The number of amides is 1. The van der Waals surface area contributed by atoms with E-state index < -0.39 is 35.2 Å². The Morgan fingerprint density at radius 3 is 2.05 bits per heavy atom. The summed E-state index contributed by atoms with van der Waals surface area (Å²) in [6, 6.07) is 19.0. The van der Waals surface area contributed by atoms with Crippen LogP contribution < -0.4 is 5.84 Å². The molecule has 1 unspecified atom stereocenters. The van der Waals surface area contributed by atoms with Crippen molar-refractivity contribution in [3.05, 3.63) is 71.8 Å². The fourth-order valence-corrected chi connectivity index (χ4v) is 4.61. The van der Waals surface area contributed by atoms with Crippen LogP contribution in [0.25, 0.3) is 0 Å². The number of nitrogens with zero attached hydrogens (tertiary/aromatic N) is 4. The molecule has 0 saturated heterocycles. The first-order chi connectivity index (χ1) is 18.4. The molecular formula is C30H41N5O4. The van der Waals surface area contributed by atoms with Gasteiger partial charge in [0.2, 0.25) is 5.91 Å². The van der Waals surface area contributed by atoms with Gasteiger partial charge in [-0.3, -0.25) is 14.6 Å². The number of ether oxygens (including phenoxy) is 1. The fourth-order valence-electron chi connectivity index (χ4n) is 4.61. The van der Waals surface area contributed by atoms with Gasteiger partial charge in [0.25, 0.3) is 0 Å². The van der Waals surface area contributed by atoms with E-state index in [0.717, 1.165) is 16.1 Å². The van der Waals surface area contributed by atoms with E-state index in [-0.39, 0.29) is 31.2 Å². The number of benzene rings is 2. The average Bonchev–Trinajstić information content (AvgIpc) is 3.36. The van der Waals surface area contributed by atoms with Gasteiger partial charge in [0.1, 0.15) is 11.9 Å². The summed E-state index contributed by atoms with van der Waals surface area (Å²) in [5.74, 6) is 3.86. The van der Waals surface area contributed by atoms with Gasteiger partial charge >= 0.3 is 5.97 Å². The van der Waals surface area contributed by atoms with E-state index in [2.05, 4.69) is 15.2 Å². The molecule has 1 aliphatic heterocycles. The zero-order valence-electron chi connectivity index (χ0n) is 23.5. The van der Waals surface area contributed by atoms with E-state index in [1.165, 1.54) is 6.34 Å². The number of azo groups is 1. The van der Waals surface area contributed by atoms with Crippen molar-refractivity contribution in [1.82, 2.24) is 5.01 Å². The molecule has 210 valence electrons. The third-order valence-electron chi connectivity index (χ3n) is 6.85. The van der Waals surface area contributed by atoms with Crippen molar-refractivity contribution < 1.29 is 19.4 Å². The first-order valence-corrected chi connectivity index (χ1v) is 13.4. The molecule has 0 saturated carbocycles. The van der Waals surface area contributed by atoms with E-state index in [4.69, 9.17) is 10.6 Å². The van der Waals surface area contributed by atoms with Crippen molar-refractivity contribution in [2.45, 2.75) is 71.2 Å². The number of aliphatic imine (C=N–C) groups is 1. The van der Waals surface area contributed by atoms with E-state index in [1.54, 1.807) is 20.8 Å². The summed E-state index contributed by atoms with van der Waals surface area (Å²) >= 11 is 0. The van der Waals surface area contributed by atoms with Gasteiger partial charge in [-0.25, -0.2) is 10.8 Å². The third kappa shape index (κ3) is 8.53. The highest BCUT2D eigenvalue weighted by molar-refractivity contribution is 5.79. The SMILES string of the molecule is CC(C)C1(CN(N)C(=O)[C@H](Cc2ccccc2)C[C@H](O)[C@H](Cc2ccccc2)C(=O)OC(C)(C)C)N=CN=N1. The number of hydrogen-bond acceptors (Lipinski definition) is 8. The Labute approximate surface area is 231 Å². The Balaban J connectivity index is 1.86. The molecule has 1 heterocycles. The average molecular weight is 536 g/mol. The van der Waals surface area contributed by atoms with Gasteiger partial charge in [0, 0.05) is 11.8 Å². The number of hydrogen-bond donors (Lipinski definition) is 2. The molecule has 9 nitrogen and oxygen atoms in total. The predicted molar refractivity (Wildman–Crippen MR) is 151 cm³/mol. The number of carbonyl (C=O) groups is 2. The van der Waals surface area contributed by atoms with Crippen LogP contribution in [0.15, 0.2) is 75.9 Å². The fraction of sp³-hybridized carbons (Fsp3) is 0.500. The number of rotatable bonds is 12. The number of carbonyl (C=O) groups excluding carboxylic acids is 2. The van der Waals surface area contributed by atoms with Crippen LogP contribution in [0.4, 0.5) is 0 Å². The maximum Gasteiger partial charge on any atom is 0.312 e. The quantitative estimate of drug-likeness (QED) is 0.181. The summed E-state index contributed by atoms with van der Waals surface area (Å²) in [4.78, 5) is 31.4. The molecule has 2 aromatic carbocycles. The summed E-state index contributed by atoms with van der Waals surface area (Å²) < 4.78 is 5.67. The Hall–Kier alpha value is -3.43. The second-order valence-electron chi connectivity index (χ2n) is 11.5. The minimum Gasteiger partial charge on any atom is -0.460 e. The first-order valence-electron chi connectivity index (χ1n) is 13.4. The highest BCUT2D eigenvalue weighted by Gasteiger charge is 2.40. The van der Waals surface area contributed by atoms with Gasteiger partial charge in [0.05, 0.1) is 18.6 Å². The minimum atomic E-state index is -1.14. The zero-order valence-corrected chi connectivity index (χ0v) is 23.5. The lowest BCUT2D eigenvalue weighted by Gasteiger charge is -2.33. The molecule has 39 heavy (non-hydrogen) atoms. The van der Waals surface area contributed by atoms with E-state index in [9.17, 15) is 14.7 Å². The molecule has 4 atom stereocenters. The molecule has 9 heteroatoms. The third-order valence-corrected chi connectivity index (χ3v) is 6.85. The predicted octanol–water partition coefficient (Wildman–Crippen LogP) is 4.35. The molecular weight excluding hydrogens is 494 g/mol. The Morgan fingerprint density at radius 1 is 1.00 bits per heavy atom. The van der Waals surface area contributed by atoms with Crippen molar-refractivity contribution in [3.8, 4) is 0 Å². The van der Waals surface area contributed by atoms with Crippen molar-refractivity contribution in [1.29, 1.82) is 0 Å². The van der Waals surface area contributed by atoms with Crippen LogP contribution >= 0.6 is 0 Å². The summed E-state index contributed by atoms with van der Waals surface area (Å²) in [5, 5.41) is 20.7. The molecule has 0 bridgehead atoms. The highest BCUT2D eigenvalue weighted by Crippen LogP contribution is 2.30. The molecule has 1 aliphatic rings. The number of nitrogens with two attached hydrogens (primary N) is 1. The van der Waals surface area contributed by atoms with Crippen molar-refractivity contribution in [2.24, 2.45) is 38.8 Å². The monoisotopic (exact) mass is 535 g/mol. The molecule has 3 N–H and O–H groups in total. The van der Waals surface area contributed by atoms with Crippen molar-refractivity contribution in [3.63, 3.8) is 0 Å². The van der Waals surface area contributed by atoms with Gasteiger partial charge in [0.15, 0.2) is 5.66 Å². The number of aliphatic hydroxyl groups excluding tert-OH is 1. The van der Waals surface area contributed by atoms with Crippen molar-refractivity contribution >= 4 is 18.2 Å². The number of hydrazine groups is 1. The van der Waals surface area contributed by atoms with E-state index >= 15 is 0 Å². The lowest BCUT2D eigenvalue weighted by Crippen LogP contribution is -2.52. The first kappa shape index (κ1) is 30.1. The molecule has 1 amide bonds. The van der Waals surface area contributed by atoms with Gasteiger partial charge < -0.3 is 9.84 Å². The van der Waals surface area contributed by atoms with Gasteiger partial charge in [-0.1, -0.05) is 74.5 Å². The largest absolute Gasteiger partial charge is 0.460 e. The van der Waals surface area contributed by atoms with E-state index in [1.807, 2.05) is 74.5 Å². The lowest BCUT2D eigenvalue weighted by atomic mass is 9.85. The normalized spacial score (nSPS) is 19.1. The summed E-state index contributed by atoms with van der Waals surface area (Å²) in [7, 11) is 0. The highest BCUT2D eigenvalue weighted by atomic mass is 16.6. The molecule has 0 aromatic heterocycles. The van der Waals surface area contributed by atoms with Gasteiger partial charge in [-0.15, -0.1) is 5.11 Å². The summed E-state index contributed by atoms with van der Waals surface area (Å²) in [6.07, 6.45) is 0.877. The van der Waals surface area contributed by atoms with Gasteiger partial charge in [-0.05, 0) is 51.2 Å². The Morgan fingerprint density at radius 2 is 1.56 bits per heavy atom. The van der Waals surface area contributed by atoms with Crippen LogP contribution in [-0.4, -0.2) is 52.2 Å². The van der Waals surface area contributed by atoms with Crippen LogP contribution in [0.1, 0.15) is 52.2 Å². The van der Waals surface area contributed by atoms with Crippen LogP contribution in [-0.2, 0) is 27.2 Å². The smallest absolute Gasteiger partial charge is 0.312 e. The molecule has 0 radical (unpaired) electrons.